The van der Waals surface area contributed by atoms with Crippen molar-refractivity contribution >= 4 is 46.8 Å². The number of aliphatic hydroxyl groups is 1. The molecule has 0 unspecified atom stereocenters. The maximum Gasteiger partial charge on any atom is 0.412 e. The number of methoxy groups -OCH3 is 1. The number of ether oxygens (including phenoxy) is 3. The molecule has 0 spiro atoms. The summed E-state index contributed by atoms with van der Waals surface area (Å²) in [5, 5.41) is 35.4. The number of carboxylic acids is 1. The molecule has 2 amide bonds. The lowest BCUT2D eigenvalue weighted by molar-refractivity contribution is -0.139. The van der Waals surface area contributed by atoms with Crippen molar-refractivity contribution in [1.29, 1.82) is 5.41 Å². The Labute approximate surface area is 247 Å². The number of carbonyl (C=O) groups excluding carboxylic acids is 2. The average molecular weight is 599 g/mol. The highest BCUT2D eigenvalue weighted by molar-refractivity contribution is 6.31. The first-order valence-corrected chi connectivity index (χ1v) is 13.0. The first-order valence-electron chi connectivity index (χ1n) is 12.7. The van der Waals surface area contributed by atoms with Crippen LogP contribution in [0.1, 0.15) is 40.9 Å². The number of aliphatic hydroxyl groups excluding tert-OH is 1. The van der Waals surface area contributed by atoms with Gasteiger partial charge in [-0.05, 0) is 74.0 Å². The third-order valence-corrected chi connectivity index (χ3v) is 5.85. The topological polar surface area (TPSA) is 179 Å². The molecule has 3 rings (SSSR count). The maximum atomic E-state index is 13.3. The van der Waals surface area contributed by atoms with Gasteiger partial charge in [0, 0.05) is 34.1 Å². The van der Waals surface area contributed by atoms with Crippen LogP contribution in [0.25, 0.3) is 0 Å². The minimum atomic E-state index is -1.17. The molecule has 12 nitrogen and oxygen atoms in total. The number of benzene rings is 3. The fourth-order valence-corrected chi connectivity index (χ4v) is 3.95. The Kier molecular flexibility index (Phi) is 11.1. The zero-order chi connectivity index (χ0) is 30.8. The number of hydrogen-bond acceptors (Lipinski definition) is 9. The van der Waals surface area contributed by atoms with Crippen molar-refractivity contribution in [1.82, 2.24) is 5.32 Å². The standard InChI is InChI=1S/C29H31ClN4O8/c1-16(2)42-24-11-17(14-35)10-19(26(24)41-15-25(36)37)13-32-23-9-6-20(30)12-22(23)28(38)33-21-7-4-18(5-8-21)27(31)34-29(39)40-3/h4-12,16,32,35H,13-15H2,1-3H3,(H,33,38)(H,36,37)(H2,31,34,39). The molecule has 0 saturated heterocycles. The molecule has 0 aliphatic rings. The number of amidine groups is 1. The highest BCUT2D eigenvalue weighted by Crippen LogP contribution is 2.35. The molecule has 0 heterocycles. The maximum absolute atomic E-state index is 13.3. The molecular weight excluding hydrogens is 568 g/mol. The van der Waals surface area contributed by atoms with Crippen molar-refractivity contribution < 1.29 is 38.8 Å². The summed E-state index contributed by atoms with van der Waals surface area (Å²) in [6, 6.07) is 14.2. The minimum absolute atomic E-state index is 0.0865. The third-order valence-electron chi connectivity index (χ3n) is 5.62. The van der Waals surface area contributed by atoms with Gasteiger partial charge >= 0.3 is 12.1 Å². The van der Waals surface area contributed by atoms with Crippen molar-refractivity contribution in [2.24, 2.45) is 0 Å². The molecule has 0 atom stereocenters. The Morgan fingerprint density at radius 3 is 2.38 bits per heavy atom. The molecule has 0 aromatic heterocycles. The van der Waals surface area contributed by atoms with Gasteiger partial charge in [0.05, 0.1) is 25.4 Å². The summed E-state index contributed by atoms with van der Waals surface area (Å²) in [5.41, 5.74) is 2.49. The third kappa shape index (κ3) is 8.85. The van der Waals surface area contributed by atoms with Crippen molar-refractivity contribution in [2.45, 2.75) is 33.1 Å². The monoisotopic (exact) mass is 598 g/mol. The molecule has 42 heavy (non-hydrogen) atoms. The van der Waals surface area contributed by atoms with E-state index in [1.807, 2.05) is 0 Å². The van der Waals surface area contributed by atoms with Gasteiger partial charge in [0.15, 0.2) is 18.1 Å². The van der Waals surface area contributed by atoms with Crippen molar-refractivity contribution in [3.8, 4) is 11.5 Å². The number of rotatable bonds is 12. The second-order valence-electron chi connectivity index (χ2n) is 9.16. The van der Waals surface area contributed by atoms with Gasteiger partial charge in [-0.2, -0.15) is 0 Å². The number of carbonyl (C=O) groups is 3. The summed E-state index contributed by atoms with van der Waals surface area (Å²) >= 11 is 6.20. The first kappa shape index (κ1) is 31.7. The second-order valence-corrected chi connectivity index (χ2v) is 9.59. The van der Waals surface area contributed by atoms with Gasteiger partial charge in [0.1, 0.15) is 5.84 Å². The number of hydrogen-bond donors (Lipinski definition) is 6. The Hall–Kier alpha value is -4.81. The summed E-state index contributed by atoms with van der Waals surface area (Å²) < 4.78 is 15.9. The fourth-order valence-electron chi connectivity index (χ4n) is 3.78. The Bertz CT molecular complexity index is 1460. The highest BCUT2D eigenvalue weighted by Gasteiger charge is 2.18. The molecule has 0 aliphatic heterocycles. The number of alkyl carbamates (subject to hydrolysis) is 1. The van der Waals surface area contributed by atoms with Crippen molar-refractivity contribution in [2.75, 3.05) is 24.4 Å². The molecule has 3 aromatic carbocycles. The lowest BCUT2D eigenvalue weighted by atomic mass is 10.1. The zero-order valence-corrected chi connectivity index (χ0v) is 23.9. The van der Waals surface area contributed by atoms with Crippen LogP contribution in [0.3, 0.4) is 0 Å². The molecule has 222 valence electrons. The van der Waals surface area contributed by atoms with Gasteiger partial charge in [-0.15, -0.1) is 0 Å². The highest BCUT2D eigenvalue weighted by atomic mass is 35.5. The predicted molar refractivity (Wildman–Crippen MR) is 157 cm³/mol. The number of anilines is 2. The Balaban J connectivity index is 1.84. The summed E-state index contributed by atoms with van der Waals surface area (Å²) in [4.78, 5) is 35.8. The van der Waals surface area contributed by atoms with Crippen LogP contribution in [0.4, 0.5) is 16.2 Å². The van der Waals surface area contributed by atoms with Gasteiger partial charge in [0.25, 0.3) is 5.91 Å². The average Bonchev–Trinajstić information content (AvgIpc) is 2.95. The molecule has 0 saturated carbocycles. The van der Waals surface area contributed by atoms with Crippen molar-refractivity contribution in [3.05, 3.63) is 81.9 Å². The van der Waals surface area contributed by atoms with Crippen LogP contribution >= 0.6 is 11.6 Å². The summed E-state index contributed by atoms with van der Waals surface area (Å²) in [7, 11) is 1.19. The fraction of sp³-hybridized carbons (Fsp3) is 0.241. The van der Waals surface area contributed by atoms with E-state index in [4.69, 9.17) is 31.6 Å². The van der Waals surface area contributed by atoms with Crippen LogP contribution in [0.2, 0.25) is 5.02 Å². The predicted octanol–water partition coefficient (Wildman–Crippen LogP) is 4.63. The first-order chi connectivity index (χ1) is 20.0. The largest absolute Gasteiger partial charge is 0.487 e. The molecule has 0 aliphatic carbocycles. The van der Waals surface area contributed by atoms with E-state index in [1.54, 1.807) is 62.4 Å². The lowest BCUT2D eigenvalue weighted by Gasteiger charge is -2.20. The number of amides is 2. The lowest BCUT2D eigenvalue weighted by Crippen LogP contribution is -2.30. The number of nitrogens with one attached hydrogen (secondary N) is 4. The second kappa shape index (κ2) is 14.7. The molecule has 0 bridgehead atoms. The van der Waals surface area contributed by atoms with E-state index >= 15 is 0 Å². The van der Waals surface area contributed by atoms with Crippen LogP contribution in [0, 0.1) is 5.41 Å². The molecular formula is C29H31ClN4O8. The summed E-state index contributed by atoms with van der Waals surface area (Å²) in [5.74, 6) is -1.34. The molecule has 3 aromatic rings. The van der Waals surface area contributed by atoms with Gasteiger partial charge in [-0.25, -0.2) is 9.59 Å². The number of aliphatic carboxylic acids is 1. The van der Waals surface area contributed by atoms with Gasteiger partial charge < -0.3 is 35.1 Å². The molecule has 13 heteroatoms. The van der Waals surface area contributed by atoms with Crippen LogP contribution in [0.15, 0.2) is 54.6 Å². The Morgan fingerprint density at radius 1 is 1.05 bits per heavy atom. The quantitative estimate of drug-likeness (QED) is 0.128. The summed E-state index contributed by atoms with van der Waals surface area (Å²) in [6.45, 7) is 2.81. The van der Waals surface area contributed by atoms with Gasteiger partial charge in [0.2, 0.25) is 0 Å². The van der Waals surface area contributed by atoms with E-state index in [0.717, 1.165) is 0 Å². The molecule has 0 radical (unpaired) electrons. The van der Waals surface area contributed by atoms with E-state index in [2.05, 4.69) is 20.7 Å². The molecule has 6 N–H and O–H groups in total. The van der Waals surface area contributed by atoms with Crippen LogP contribution in [-0.2, 0) is 22.7 Å². The van der Waals surface area contributed by atoms with Gasteiger partial charge in [-0.3, -0.25) is 15.5 Å². The SMILES string of the molecule is COC(=O)NC(=N)c1ccc(NC(=O)c2cc(Cl)ccc2NCc2cc(CO)cc(OC(C)C)c2OCC(=O)O)cc1. The molecule has 0 fully saturated rings. The number of halogens is 1. The van der Waals surface area contributed by atoms with Crippen molar-refractivity contribution in [3.63, 3.8) is 0 Å². The van der Waals surface area contributed by atoms with E-state index in [0.29, 0.717) is 33.1 Å². The smallest absolute Gasteiger partial charge is 0.412 e. The van der Waals surface area contributed by atoms with E-state index < -0.39 is 24.6 Å². The Morgan fingerprint density at radius 2 is 1.76 bits per heavy atom. The van der Waals surface area contributed by atoms with Crippen LogP contribution in [-0.4, -0.2) is 53.8 Å². The van der Waals surface area contributed by atoms with E-state index in [9.17, 15) is 19.5 Å². The minimum Gasteiger partial charge on any atom is -0.487 e. The zero-order valence-electron chi connectivity index (χ0n) is 23.1. The normalized spacial score (nSPS) is 10.5. The number of carboxylic acid groups (broad SMARTS) is 1. The van der Waals surface area contributed by atoms with Crippen LogP contribution < -0.4 is 25.4 Å². The van der Waals surface area contributed by atoms with Gasteiger partial charge in [-0.1, -0.05) is 11.6 Å². The van der Waals surface area contributed by atoms with E-state index in [1.165, 1.54) is 13.2 Å². The summed E-state index contributed by atoms with van der Waals surface area (Å²) in [6.07, 6.45) is -1.02. The van der Waals surface area contributed by atoms with Crippen LogP contribution in [0.5, 0.6) is 11.5 Å². The van der Waals surface area contributed by atoms with E-state index in [-0.39, 0.29) is 42.2 Å².